The molecule has 2 atom stereocenters. The molecule has 0 N–H and O–H groups in total. The highest BCUT2D eigenvalue weighted by Crippen LogP contribution is 2.29. The van der Waals surface area contributed by atoms with Crippen LogP contribution in [0.1, 0.15) is 54.4 Å². The van der Waals surface area contributed by atoms with Gasteiger partial charge in [0.05, 0.1) is 0 Å². The minimum Gasteiger partial charge on any atom is -0.422 e. The number of ether oxygens (including phenoxy) is 4. The lowest BCUT2D eigenvalue weighted by molar-refractivity contribution is -0.176. The number of hydrogen-bond acceptors (Lipinski definition) is 11. The molecule has 2 rings (SSSR count). The molecule has 0 bridgehead atoms. The molecular formula is C19H26O11. The SMILES string of the molecule is CC(C)CC(C(=O)OC(C)OC(=O)OC(C)OC(=O)C(CC(C)C)=C1OO1)=C1OO1. The highest BCUT2D eigenvalue weighted by molar-refractivity contribution is 5.89. The molecular weight excluding hydrogens is 404 g/mol. The highest BCUT2D eigenvalue weighted by atomic mass is 17.4. The lowest BCUT2D eigenvalue weighted by atomic mass is 10.0. The van der Waals surface area contributed by atoms with Crippen molar-refractivity contribution in [2.75, 3.05) is 0 Å². The van der Waals surface area contributed by atoms with Crippen LogP contribution in [0.2, 0.25) is 0 Å². The van der Waals surface area contributed by atoms with Gasteiger partial charge in [-0.1, -0.05) is 27.7 Å². The van der Waals surface area contributed by atoms with Gasteiger partial charge in [-0.2, -0.15) is 0 Å². The average molecular weight is 430 g/mol. The maximum atomic E-state index is 12.2. The second-order valence-electron chi connectivity index (χ2n) is 7.49. The van der Waals surface area contributed by atoms with Crippen molar-refractivity contribution in [2.45, 2.75) is 67.0 Å². The van der Waals surface area contributed by atoms with E-state index < -0.39 is 30.7 Å². The Kier molecular flexibility index (Phi) is 7.79. The van der Waals surface area contributed by atoms with E-state index in [1.165, 1.54) is 13.8 Å². The minimum atomic E-state index is -1.26. The van der Waals surface area contributed by atoms with E-state index in [2.05, 4.69) is 19.6 Å². The fourth-order valence-electron chi connectivity index (χ4n) is 2.35. The van der Waals surface area contributed by atoms with Crippen LogP contribution in [-0.4, -0.2) is 30.7 Å². The largest absolute Gasteiger partial charge is 0.514 e. The van der Waals surface area contributed by atoms with Gasteiger partial charge in [0, 0.05) is 13.8 Å². The molecule has 2 saturated heterocycles. The first-order valence-corrected chi connectivity index (χ1v) is 9.51. The normalized spacial score (nSPS) is 15.6. The second kappa shape index (κ2) is 10.1. The summed E-state index contributed by atoms with van der Waals surface area (Å²) in [6.07, 6.45) is -2.99. The van der Waals surface area contributed by atoms with Crippen LogP contribution in [0.25, 0.3) is 0 Å². The Hall–Kier alpha value is -3.11. The smallest absolute Gasteiger partial charge is 0.422 e. The third kappa shape index (κ3) is 7.72. The zero-order valence-electron chi connectivity index (χ0n) is 17.7. The van der Waals surface area contributed by atoms with Gasteiger partial charge in [-0.25, -0.2) is 33.9 Å². The summed E-state index contributed by atoms with van der Waals surface area (Å²) in [4.78, 5) is 54.6. The van der Waals surface area contributed by atoms with Crippen LogP contribution in [0.5, 0.6) is 0 Å². The Labute approximate surface area is 173 Å². The van der Waals surface area contributed by atoms with E-state index >= 15 is 0 Å². The standard InChI is InChI=1S/C19H26O11/c1-9(2)7-13(17-27-28-17)15(20)23-11(5)25-19(22)26-12(6)24-16(21)14(8-10(3)4)18-29-30-18/h9-12H,7-8H2,1-6H3. The Morgan fingerprint density at radius 1 is 0.633 bits per heavy atom. The Balaban J connectivity index is 1.79. The number of hydrogen-bond donors (Lipinski definition) is 0. The summed E-state index contributed by atoms with van der Waals surface area (Å²) in [5.74, 6) is -1.04. The van der Waals surface area contributed by atoms with Gasteiger partial charge in [0.2, 0.25) is 12.6 Å². The van der Waals surface area contributed by atoms with Crippen LogP contribution in [0, 0.1) is 11.8 Å². The van der Waals surface area contributed by atoms with Gasteiger partial charge in [-0.15, -0.1) is 0 Å². The van der Waals surface area contributed by atoms with Gasteiger partial charge >= 0.3 is 30.0 Å². The predicted octanol–water partition coefficient (Wildman–Crippen LogP) is 3.36. The first-order valence-electron chi connectivity index (χ1n) is 9.51. The average Bonchev–Trinajstić information content (AvgIpc) is 3.50. The van der Waals surface area contributed by atoms with Crippen LogP contribution in [-0.2, 0) is 48.1 Å². The predicted molar refractivity (Wildman–Crippen MR) is 96.0 cm³/mol. The molecule has 0 aromatic rings. The fraction of sp³-hybridized carbons (Fsp3) is 0.632. The van der Waals surface area contributed by atoms with Crippen LogP contribution in [0.4, 0.5) is 4.79 Å². The van der Waals surface area contributed by atoms with E-state index in [4.69, 9.17) is 18.9 Å². The number of carbonyl (C=O) groups excluding carboxylic acids is 3. The molecule has 11 nitrogen and oxygen atoms in total. The Morgan fingerprint density at radius 3 is 1.23 bits per heavy atom. The highest BCUT2D eigenvalue weighted by Gasteiger charge is 2.34. The molecule has 2 unspecified atom stereocenters. The summed E-state index contributed by atoms with van der Waals surface area (Å²) in [6, 6.07) is 0. The Morgan fingerprint density at radius 2 is 0.967 bits per heavy atom. The van der Waals surface area contributed by atoms with Crippen LogP contribution >= 0.6 is 0 Å². The van der Waals surface area contributed by atoms with Crippen molar-refractivity contribution < 1.29 is 52.9 Å². The topological polar surface area (TPSA) is 138 Å². The summed E-state index contributed by atoms with van der Waals surface area (Å²) in [5.41, 5.74) is 0.401. The van der Waals surface area contributed by atoms with E-state index in [-0.39, 0.29) is 34.9 Å². The minimum absolute atomic E-state index is 0.0824. The lowest BCUT2D eigenvalue weighted by Crippen LogP contribution is -2.28. The first-order chi connectivity index (χ1) is 14.1. The van der Waals surface area contributed by atoms with E-state index in [9.17, 15) is 14.4 Å². The Bertz CT molecular complexity index is 663. The summed E-state index contributed by atoms with van der Waals surface area (Å²) < 4.78 is 19.8. The van der Waals surface area contributed by atoms with Crippen LogP contribution in [0.15, 0.2) is 23.0 Å². The number of carbonyl (C=O) groups is 3. The fourth-order valence-corrected chi connectivity index (χ4v) is 2.35. The van der Waals surface area contributed by atoms with Crippen molar-refractivity contribution in [3.8, 4) is 0 Å². The molecule has 0 aliphatic carbocycles. The van der Waals surface area contributed by atoms with Crippen LogP contribution in [0.3, 0.4) is 0 Å². The number of esters is 2. The van der Waals surface area contributed by atoms with Crippen molar-refractivity contribution in [3.05, 3.63) is 23.0 Å². The quantitative estimate of drug-likeness (QED) is 0.166. The summed E-state index contributed by atoms with van der Waals surface area (Å²) in [5, 5.41) is 0. The van der Waals surface area contributed by atoms with Crippen molar-refractivity contribution in [3.63, 3.8) is 0 Å². The molecule has 0 saturated carbocycles. The van der Waals surface area contributed by atoms with Crippen molar-refractivity contribution in [1.29, 1.82) is 0 Å². The molecule has 11 heteroatoms. The lowest BCUT2D eigenvalue weighted by Gasteiger charge is -2.17. The second-order valence-corrected chi connectivity index (χ2v) is 7.49. The molecule has 0 spiro atoms. The van der Waals surface area contributed by atoms with E-state index in [0.29, 0.717) is 12.8 Å². The van der Waals surface area contributed by atoms with Crippen molar-refractivity contribution in [1.82, 2.24) is 0 Å². The van der Waals surface area contributed by atoms with Crippen molar-refractivity contribution in [2.24, 2.45) is 11.8 Å². The molecule has 2 heterocycles. The molecule has 2 fully saturated rings. The van der Waals surface area contributed by atoms with Gasteiger partial charge in [-0.05, 0) is 24.7 Å². The molecule has 0 radical (unpaired) electrons. The maximum absolute atomic E-state index is 12.2. The van der Waals surface area contributed by atoms with E-state index in [1.807, 2.05) is 27.7 Å². The molecule has 2 aliphatic rings. The summed E-state index contributed by atoms with van der Waals surface area (Å²) in [7, 11) is 0. The monoisotopic (exact) mass is 430 g/mol. The van der Waals surface area contributed by atoms with Crippen LogP contribution < -0.4 is 0 Å². The van der Waals surface area contributed by atoms with Gasteiger partial charge in [-0.3, -0.25) is 0 Å². The van der Waals surface area contributed by atoms with Crippen molar-refractivity contribution >= 4 is 18.1 Å². The van der Waals surface area contributed by atoms with Gasteiger partial charge in [0.15, 0.2) is 0 Å². The molecule has 2 aliphatic heterocycles. The third-order valence-corrected chi connectivity index (χ3v) is 3.61. The maximum Gasteiger partial charge on any atom is 0.514 e. The molecule has 0 aromatic carbocycles. The molecule has 168 valence electrons. The third-order valence-electron chi connectivity index (χ3n) is 3.61. The van der Waals surface area contributed by atoms with Gasteiger partial charge in [0.1, 0.15) is 11.1 Å². The molecule has 30 heavy (non-hydrogen) atoms. The van der Waals surface area contributed by atoms with Gasteiger partial charge in [0.25, 0.3) is 0 Å². The molecule has 0 amide bonds. The summed E-state index contributed by atoms with van der Waals surface area (Å²) >= 11 is 0. The summed E-state index contributed by atoms with van der Waals surface area (Å²) in [6.45, 7) is 10.3. The zero-order valence-corrected chi connectivity index (χ0v) is 17.7. The number of rotatable bonds is 10. The van der Waals surface area contributed by atoms with E-state index in [1.54, 1.807) is 0 Å². The molecule has 0 aromatic heterocycles. The first kappa shape index (κ1) is 23.2. The van der Waals surface area contributed by atoms with Gasteiger partial charge < -0.3 is 18.9 Å². The zero-order chi connectivity index (χ0) is 22.4. The van der Waals surface area contributed by atoms with E-state index in [0.717, 1.165) is 0 Å².